The second kappa shape index (κ2) is 12.0. The van der Waals surface area contributed by atoms with Gasteiger partial charge in [-0.1, -0.05) is 52.2 Å². The molecule has 4 atom stereocenters. The number of carbonyl (C=O) groups is 2. The lowest BCUT2D eigenvalue weighted by molar-refractivity contribution is -0.186. The highest BCUT2D eigenvalue weighted by atomic mass is 33.1. The molecule has 4 aliphatic heterocycles. The van der Waals surface area contributed by atoms with Gasteiger partial charge in [-0.2, -0.15) is 0 Å². The molecule has 2 spiro atoms. The predicted molar refractivity (Wildman–Crippen MR) is 193 cm³/mol. The minimum absolute atomic E-state index is 0.0602. The molecular weight excluding hydrogens is 659 g/mol. The summed E-state index contributed by atoms with van der Waals surface area (Å²) >= 11 is 0. The van der Waals surface area contributed by atoms with Gasteiger partial charge < -0.3 is 29.8 Å². The van der Waals surface area contributed by atoms with Crippen LogP contribution in [0.4, 0.5) is 0 Å². The number of nitrogens with two attached hydrogens (primary N) is 1. The summed E-state index contributed by atoms with van der Waals surface area (Å²) in [5.74, 6) is 1.26. The number of fused-ring (bicyclic) bond motifs is 7. The summed E-state index contributed by atoms with van der Waals surface area (Å²) in [5.41, 5.74) is 8.91. The largest absolute Gasteiger partial charge is 0.481 e. The van der Waals surface area contributed by atoms with Crippen LogP contribution in [0, 0.1) is 5.92 Å². The highest BCUT2D eigenvalue weighted by Gasteiger charge is 2.64. The van der Waals surface area contributed by atoms with Crippen molar-refractivity contribution in [2.45, 2.75) is 94.1 Å². The van der Waals surface area contributed by atoms with Gasteiger partial charge in [-0.3, -0.25) is 4.79 Å². The number of hydrogen-bond acceptors (Lipinski definition) is 10. The van der Waals surface area contributed by atoms with Crippen molar-refractivity contribution in [1.29, 1.82) is 0 Å². The molecule has 2 fully saturated rings. The van der Waals surface area contributed by atoms with E-state index in [0.717, 1.165) is 53.7 Å². The monoisotopic (exact) mass is 701 g/mol. The van der Waals surface area contributed by atoms with Crippen molar-refractivity contribution in [3.8, 4) is 5.75 Å². The quantitative estimate of drug-likeness (QED) is 0.125. The van der Waals surface area contributed by atoms with Crippen molar-refractivity contribution in [3.05, 3.63) is 86.6 Å². The Hall–Kier alpha value is -3.57. The van der Waals surface area contributed by atoms with Crippen LogP contribution in [-0.2, 0) is 20.7 Å². The van der Waals surface area contributed by atoms with Gasteiger partial charge in [-0.15, -0.1) is 0 Å². The molecule has 11 heteroatoms. The molecular formula is C38H43N3O6S2. The molecule has 1 aromatic heterocycles. The number of carbonyl (C=O) groups excluding carboxylic acids is 2. The first-order valence-corrected chi connectivity index (χ1v) is 19.7. The van der Waals surface area contributed by atoms with E-state index in [1.807, 2.05) is 47.6 Å². The van der Waals surface area contributed by atoms with Crippen LogP contribution in [0.5, 0.6) is 5.75 Å². The average molecular weight is 702 g/mol. The Kier molecular flexibility index (Phi) is 8.02. The molecule has 9 nitrogen and oxygen atoms in total. The third kappa shape index (κ3) is 5.25. The number of benzene rings is 1. The molecule has 1 aromatic carbocycles. The molecule has 5 heterocycles. The lowest BCUT2D eigenvalue weighted by atomic mass is 9.61. The Balaban J connectivity index is 1.31. The van der Waals surface area contributed by atoms with E-state index in [4.69, 9.17) is 19.6 Å². The third-order valence-electron chi connectivity index (χ3n) is 11.9. The van der Waals surface area contributed by atoms with Crippen LogP contribution in [-0.4, -0.2) is 57.6 Å². The first-order chi connectivity index (χ1) is 23.5. The maximum atomic E-state index is 14.2. The predicted octanol–water partition coefficient (Wildman–Crippen LogP) is 6.08. The van der Waals surface area contributed by atoms with Gasteiger partial charge >= 0.3 is 11.6 Å². The van der Waals surface area contributed by atoms with Crippen molar-refractivity contribution >= 4 is 44.4 Å². The number of hydrogen-bond donors (Lipinski definition) is 2. The fourth-order valence-corrected chi connectivity index (χ4v) is 12.6. The van der Waals surface area contributed by atoms with Crippen molar-refractivity contribution in [3.63, 3.8) is 0 Å². The van der Waals surface area contributed by atoms with Gasteiger partial charge in [0.05, 0.1) is 18.2 Å². The number of rotatable bonds is 2. The topological polar surface area (TPSA) is 124 Å². The van der Waals surface area contributed by atoms with Crippen LogP contribution in [0.3, 0.4) is 0 Å². The molecule has 0 bridgehead atoms. The Bertz CT molecular complexity index is 1940. The van der Waals surface area contributed by atoms with E-state index in [9.17, 15) is 14.4 Å². The molecule has 6 aliphatic rings. The van der Waals surface area contributed by atoms with Gasteiger partial charge in [0.2, 0.25) is 5.91 Å². The van der Waals surface area contributed by atoms with Gasteiger partial charge in [0.25, 0.3) is 0 Å². The van der Waals surface area contributed by atoms with Crippen LogP contribution in [0.15, 0.2) is 79.8 Å². The summed E-state index contributed by atoms with van der Waals surface area (Å²) in [6, 6.07) is 7.26. The molecule has 8 rings (SSSR count). The number of esters is 1. The van der Waals surface area contributed by atoms with Crippen molar-refractivity contribution < 1.29 is 23.5 Å². The molecule has 2 aromatic rings. The highest BCUT2D eigenvalue weighted by molar-refractivity contribution is 8.77. The number of dihydropyridines is 1. The maximum absolute atomic E-state index is 14.2. The average Bonchev–Trinajstić information content (AvgIpc) is 3.67. The second-order valence-corrected chi connectivity index (χ2v) is 17.3. The zero-order valence-electron chi connectivity index (χ0n) is 28.3. The third-order valence-corrected chi connectivity index (χ3v) is 15.1. The summed E-state index contributed by atoms with van der Waals surface area (Å²) in [6.45, 7) is 6.81. The van der Waals surface area contributed by atoms with Crippen molar-refractivity contribution in [2.75, 3.05) is 18.8 Å². The minimum Gasteiger partial charge on any atom is -0.481 e. The van der Waals surface area contributed by atoms with Gasteiger partial charge in [0.15, 0.2) is 11.2 Å². The molecule has 1 saturated carbocycles. The summed E-state index contributed by atoms with van der Waals surface area (Å²) in [5, 5.41) is 4.10. The smallest absolute Gasteiger partial charge is 0.336 e. The van der Waals surface area contributed by atoms with Crippen LogP contribution in [0.2, 0.25) is 0 Å². The molecule has 3 N–H and O–H groups in total. The first kappa shape index (κ1) is 32.6. The first-order valence-electron chi connectivity index (χ1n) is 17.4. The lowest BCUT2D eigenvalue weighted by Crippen LogP contribution is -2.65. The van der Waals surface area contributed by atoms with E-state index in [-0.39, 0.29) is 29.0 Å². The number of allylic oxidation sites excluding steroid dienone is 2. The van der Waals surface area contributed by atoms with Crippen molar-refractivity contribution in [1.82, 2.24) is 10.2 Å². The summed E-state index contributed by atoms with van der Waals surface area (Å²) in [7, 11) is 3.85. The fourth-order valence-electron chi connectivity index (χ4n) is 8.95. The summed E-state index contributed by atoms with van der Waals surface area (Å²) < 4.78 is 19.4. The highest BCUT2D eigenvalue weighted by Crippen LogP contribution is 2.59. The van der Waals surface area contributed by atoms with Crippen LogP contribution in [0.25, 0.3) is 11.0 Å². The van der Waals surface area contributed by atoms with E-state index >= 15 is 0 Å². The van der Waals surface area contributed by atoms with E-state index < -0.39 is 22.8 Å². The fraction of sp³-hybridized carbons (Fsp3) is 0.500. The van der Waals surface area contributed by atoms with E-state index in [0.29, 0.717) is 42.1 Å². The van der Waals surface area contributed by atoms with Crippen molar-refractivity contribution in [2.24, 2.45) is 11.7 Å². The summed E-state index contributed by atoms with van der Waals surface area (Å²) in [4.78, 5) is 42.1. The molecule has 1 amide bonds. The Labute approximate surface area is 294 Å². The van der Waals surface area contributed by atoms with Crippen LogP contribution in [0.1, 0.15) is 71.3 Å². The van der Waals surface area contributed by atoms with E-state index in [1.165, 1.54) is 24.5 Å². The SMILES string of the molecule is C/C=C(\C)C(=O)O[C@]1(C)CC=C2CSSC3(CCCC3)[C@@H]3CCN3C(=O)CC3=C(C=C(N)NC3)[C@@H]2[C@]12Cc1cc3ccc(=O)oc3cc1O2. The Morgan fingerprint density at radius 1 is 1.20 bits per heavy atom. The molecule has 49 heavy (non-hydrogen) atoms. The van der Waals surface area contributed by atoms with Gasteiger partial charge in [-0.05, 0) is 75.0 Å². The van der Waals surface area contributed by atoms with Gasteiger partial charge in [0.1, 0.15) is 11.3 Å². The van der Waals surface area contributed by atoms with Gasteiger partial charge in [0, 0.05) is 65.6 Å². The maximum Gasteiger partial charge on any atom is 0.336 e. The number of ether oxygens (including phenoxy) is 2. The summed E-state index contributed by atoms with van der Waals surface area (Å²) in [6.07, 6.45) is 12.8. The molecule has 0 radical (unpaired) electrons. The zero-order valence-corrected chi connectivity index (χ0v) is 29.9. The Morgan fingerprint density at radius 2 is 2.02 bits per heavy atom. The standard InChI is InChI=1S/C38H43N3O6S2/c1-4-22(2)35(44)47-36(3)13-9-24-21-48-49-37(11-5-6-12-37)30-10-14-41(30)32(42)16-26-20-40-31(39)17-27(26)34(24)38(36)19-25-15-23-7-8-33(43)45-28(23)18-29(25)46-38/h4,7-9,15,17-18,30,34,40H,5-6,10-14,16,19-21,39H2,1-3H3/b22-4+/t30-,34+,36+,38+/m0/s1. The zero-order chi connectivity index (χ0) is 34.1. The minimum atomic E-state index is -1.10. The van der Waals surface area contributed by atoms with Crippen LogP contribution >= 0.6 is 21.6 Å². The normalized spacial score (nSPS) is 30.9. The molecule has 258 valence electrons. The number of nitrogens with zero attached hydrogens (tertiary/aromatic N) is 1. The molecule has 2 aliphatic carbocycles. The van der Waals surface area contributed by atoms with Gasteiger partial charge in [-0.25, -0.2) is 9.59 Å². The number of amides is 1. The lowest BCUT2D eigenvalue weighted by Gasteiger charge is -2.54. The van der Waals surface area contributed by atoms with E-state index in [2.05, 4.69) is 16.3 Å². The van der Waals surface area contributed by atoms with Crippen LogP contribution < -0.4 is 21.4 Å². The molecule has 0 unspecified atom stereocenters. The van der Waals surface area contributed by atoms with E-state index in [1.54, 1.807) is 25.1 Å². The second-order valence-electron chi connectivity index (χ2n) is 14.6. The number of nitrogens with one attached hydrogen (secondary N) is 1. The molecule has 1 saturated heterocycles. The Morgan fingerprint density at radius 3 is 2.78 bits per heavy atom.